The van der Waals surface area contributed by atoms with E-state index in [4.69, 9.17) is 9.84 Å². The van der Waals surface area contributed by atoms with E-state index in [-0.39, 0.29) is 24.8 Å². The molecule has 0 bridgehead atoms. The highest BCUT2D eigenvalue weighted by Gasteiger charge is 2.25. The van der Waals surface area contributed by atoms with E-state index in [2.05, 4.69) is 0 Å². The molecular weight excluding hydrogens is 264 g/mol. The third-order valence-electron chi connectivity index (χ3n) is 3.21. The molecule has 0 fully saturated rings. The fourth-order valence-corrected chi connectivity index (χ4v) is 2.18. The minimum atomic E-state index is -0.503. The van der Waals surface area contributed by atoms with Crippen molar-refractivity contribution in [2.75, 3.05) is 32.9 Å². The summed E-state index contributed by atoms with van der Waals surface area (Å²) in [6, 6.07) is 4.40. The maximum atomic E-state index is 12.3. The number of fused-ring (bicyclic) bond motifs is 1. The largest absolute Gasteiger partial charge is 0.394 e. The monoisotopic (exact) mass is 280 g/mol. The van der Waals surface area contributed by atoms with Crippen LogP contribution in [0.3, 0.4) is 0 Å². The summed E-state index contributed by atoms with van der Waals surface area (Å²) in [5, 5.41) is 19.4. The minimum absolute atomic E-state index is 0.0526. The predicted octanol–water partition coefficient (Wildman–Crippen LogP) is 0.602. The highest BCUT2D eigenvalue weighted by atomic mass is 16.6. The van der Waals surface area contributed by atoms with Crippen LogP contribution >= 0.6 is 0 Å². The van der Waals surface area contributed by atoms with Gasteiger partial charge in [-0.2, -0.15) is 0 Å². The first-order valence-electron chi connectivity index (χ1n) is 6.38. The van der Waals surface area contributed by atoms with Gasteiger partial charge in [-0.15, -0.1) is 0 Å². The number of aliphatic hydroxyl groups excluding tert-OH is 1. The number of nitro benzene ring substituents is 1. The third-order valence-corrected chi connectivity index (χ3v) is 3.21. The van der Waals surface area contributed by atoms with Gasteiger partial charge in [0.2, 0.25) is 0 Å². The van der Waals surface area contributed by atoms with E-state index < -0.39 is 4.92 Å². The number of rotatable bonds is 6. The van der Waals surface area contributed by atoms with Crippen LogP contribution in [-0.2, 0) is 11.2 Å². The number of amides is 1. The number of nitrogens with zero attached hydrogens (tertiary/aromatic N) is 2. The van der Waals surface area contributed by atoms with E-state index in [1.165, 1.54) is 12.1 Å². The number of non-ortho nitro benzene ring substituents is 1. The summed E-state index contributed by atoms with van der Waals surface area (Å²) >= 11 is 0. The Morgan fingerprint density at radius 2 is 2.20 bits per heavy atom. The molecule has 7 heteroatoms. The van der Waals surface area contributed by atoms with Gasteiger partial charge in [-0.05, 0) is 12.0 Å². The fourth-order valence-electron chi connectivity index (χ4n) is 2.18. The van der Waals surface area contributed by atoms with E-state index in [1.807, 2.05) is 0 Å². The number of carbonyl (C=O) groups excluding carboxylic acids is 1. The van der Waals surface area contributed by atoms with Crippen LogP contribution < -0.4 is 0 Å². The lowest BCUT2D eigenvalue weighted by atomic mass is 9.98. The zero-order chi connectivity index (χ0) is 14.5. The molecule has 2 rings (SSSR count). The van der Waals surface area contributed by atoms with Crippen LogP contribution in [0.5, 0.6) is 0 Å². The number of aliphatic hydroxyl groups is 1. The summed E-state index contributed by atoms with van der Waals surface area (Å²) in [6.07, 6.45) is 0.680. The molecule has 1 heterocycles. The fraction of sp³-hybridized carbons (Fsp3) is 0.462. The van der Waals surface area contributed by atoms with Crippen LogP contribution in [-0.4, -0.2) is 53.7 Å². The highest BCUT2D eigenvalue weighted by molar-refractivity contribution is 5.97. The first-order chi connectivity index (χ1) is 9.63. The Bertz CT molecular complexity index is 517. The van der Waals surface area contributed by atoms with Crippen molar-refractivity contribution in [3.05, 3.63) is 39.4 Å². The lowest BCUT2D eigenvalue weighted by molar-refractivity contribution is -0.384. The molecule has 0 aliphatic carbocycles. The van der Waals surface area contributed by atoms with Crippen molar-refractivity contribution in [3.63, 3.8) is 0 Å². The molecular formula is C13H16N2O5. The molecule has 1 aromatic rings. The lowest BCUT2D eigenvalue weighted by Crippen LogP contribution is -2.39. The van der Waals surface area contributed by atoms with E-state index >= 15 is 0 Å². The number of ether oxygens (including phenoxy) is 1. The number of carbonyl (C=O) groups is 1. The summed E-state index contributed by atoms with van der Waals surface area (Å²) in [6.45, 7) is 1.52. The second-order valence-electron chi connectivity index (χ2n) is 4.48. The second kappa shape index (κ2) is 6.44. The SMILES string of the molecule is O=C1c2cc([N+](=O)[O-])ccc2CCN1CCOCCO. The van der Waals surface area contributed by atoms with E-state index in [0.717, 1.165) is 5.56 Å². The zero-order valence-electron chi connectivity index (χ0n) is 10.9. The van der Waals surface area contributed by atoms with Crippen molar-refractivity contribution in [3.8, 4) is 0 Å². The normalized spacial score (nSPS) is 14.2. The van der Waals surface area contributed by atoms with Crippen LogP contribution in [0.2, 0.25) is 0 Å². The Labute approximate surface area is 115 Å². The first kappa shape index (κ1) is 14.4. The van der Waals surface area contributed by atoms with Crippen LogP contribution in [0.15, 0.2) is 18.2 Å². The molecule has 0 radical (unpaired) electrons. The Hall–Kier alpha value is -1.99. The molecule has 108 valence electrons. The van der Waals surface area contributed by atoms with E-state index in [0.29, 0.717) is 31.7 Å². The van der Waals surface area contributed by atoms with Gasteiger partial charge >= 0.3 is 0 Å². The maximum Gasteiger partial charge on any atom is 0.270 e. The molecule has 1 aromatic carbocycles. The van der Waals surface area contributed by atoms with E-state index in [1.54, 1.807) is 11.0 Å². The van der Waals surface area contributed by atoms with Gasteiger partial charge in [0.15, 0.2) is 0 Å². The Balaban J connectivity index is 2.07. The molecule has 1 aliphatic rings. The van der Waals surface area contributed by atoms with Crippen LogP contribution in [0.4, 0.5) is 5.69 Å². The van der Waals surface area contributed by atoms with Gasteiger partial charge in [-0.3, -0.25) is 14.9 Å². The summed E-state index contributed by atoms with van der Waals surface area (Å²) in [7, 11) is 0. The molecule has 1 N–H and O–H groups in total. The van der Waals surface area contributed by atoms with E-state index in [9.17, 15) is 14.9 Å². The second-order valence-corrected chi connectivity index (χ2v) is 4.48. The summed E-state index contributed by atoms with van der Waals surface area (Å²) in [4.78, 5) is 24.1. The third kappa shape index (κ3) is 3.12. The topological polar surface area (TPSA) is 92.9 Å². The lowest BCUT2D eigenvalue weighted by Gasteiger charge is -2.28. The van der Waals surface area contributed by atoms with Crippen LogP contribution in [0.25, 0.3) is 0 Å². The van der Waals surface area contributed by atoms with Gasteiger partial charge < -0.3 is 14.7 Å². The summed E-state index contributed by atoms with van der Waals surface area (Å²) in [5.41, 5.74) is 1.16. The summed E-state index contributed by atoms with van der Waals surface area (Å²) in [5.74, 6) is -0.206. The number of benzene rings is 1. The zero-order valence-corrected chi connectivity index (χ0v) is 10.9. The molecule has 0 unspecified atom stereocenters. The Kier molecular flexibility index (Phi) is 4.65. The van der Waals surface area contributed by atoms with Crippen molar-refractivity contribution in [2.24, 2.45) is 0 Å². The Morgan fingerprint density at radius 1 is 1.40 bits per heavy atom. The molecule has 20 heavy (non-hydrogen) atoms. The molecule has 1 amide bonds. The quantitative estimate of drug-likeness (QED) is 0.468. The molecule has 7 nitrogen and oxygen atoms in total. The number of hydrogen-bond acceptors (Lipinski definition) is 5. The minimum Gasteiger partial charge on any atom is -0.394 e. The molecule has 0 saturated heterocycles. The van der Waals surface area contributed by atoms with Gasteiger partial charge in [-0.1, -0.05) is 6.07 Å². The Morgan fingerprint density at radius 3 is 2.90 bits per heavy atom. The smallest absolute Gasteiger partial charge is 0.270 e. The summed E-state index contributed by atoms with van der Waals surface area (Å²) < 4.78 is 5.13. The van der Waals surface area contributed by atoms with Gasteiger partial charge in [-0.25, -0.2) is 0 Å². The van der Waals surface area contributed by atoms with Crippen LogP contribution in [0, 0.1) is 10.1 Å². The molecule has 1 aliphatic heterocycles. The van der Waals surface area contributed by atoms with Gasteiger partial charge in [0.1, 0.15) is 0 Å². The van der Waals surface area contributed by atoms with Gasteiger partial charge in [0.05, 0.1) is 24.7 Å². The first-order valence-corrected chi connectivity index (χ1v) is 6.38. The van der Waals surface area contributed by atoms with Crippen molar-refractivity contribution in [1.29, 1.82) is 0 Å². The molecule has 0 atom stereocenters. The van der Waals surface area contributed by atoms with Crippen LogP contribution in [0.1, 0.15) is 15.9 Å². The molecule has 0 spiro atoms. The number of nitro groups is 1. The van der Waals surface area contributed by atoms with Crippen molar-refractivity contribution >= 4 is 11.6 Å². The average Bonchev–Trinajstić information content (AvgIpc) is 2.45. The van der Waals surface area contributed by atoms with Gasteiger partial charge in [0.25, 0.3) is 11.6 Å². The highest BCUT2D eigenvalue weighted by Crippen LogP contribution is 2.23. The predicted molar refractivity (Wildman–Crippen MR) is 70.6 cm³/mol. The standard InChI is InChI=1S/C13H16N2O5/c16-6-8-20-7-5-14-4-3-10-1-2-11(15(18)19)9-12(10)13(14)17/h1-2,9,16H,3-8H2. The number of hydrogen-bond donors (Lipinski definition) is 1. The maximum absolute atomic E-state index is 12.3. The average molecular weight is 280 g/mol. The molecule has 0 aromatic heterocycles. The van der Waals surface area contributed by atoms with Crippen molar-refractivity contribution < 1.29 is 19.6 Å². The molecule has 0 saturated carbocycles. The van der Waals surface area contributed by atoms with Crippen molar-refractivity contribution in [2.45, 2.75) is 6.42 Å². The van der Waals surface area contributed by atoms with Gasteiger partial charge in [0, 0.05) is 30.8 Å². The van der Waals surface area contributed by atoms with Crippen molar-refractivity contribution in [1.82, 2.24) is 4.90 Å².